The average molecular weight is 205 g/mol. The number of methoxy groups -OCH3 is 1. The van der Waals surface area contributed by atoms with Crippen molar-refractivity contribution >= 4 is 16.9 Å². The predicted molar refractivity (Wildman–Crippen MR) is 53.0 cm³/mol. The molecule has 0 spiro atoms. The molecule has 0 amide bonds. The van der Waals surface area contributed by atoms with Crippen molar-refractivity contribution in [3.63, 3.8) is 0 Å². The molecule has 15 heavy (non-hydrogen) atoms. The summed E-state index contributed by atoms with van der Waals surface area (Å²) in [5.41, 5.74) is 0.445. The number of esters is 1. The molecule has 1 aromatic carbocycles. The fourth-order valence-corrected chi connectivity index (χ4v) is 1.36. The molecule has 0 N–H and O–H groups in total. The normalized spacial score (nSPS) is 10.3. The van der Waals surface area contributed by atoms with Gasteiger partial charge in [0.05, 0.1) is 18.2 Å². The minimum atomic E-state index is -0.682. The van der Waals surface area contributed by atoms with Gasteiger partial charge in [-0.05, 0) is 12.1 Å². The van der Waals surface area contributed by atoms with Crippen molar-refractivity contribution < 1.29 is 13.9 Å². The molecule has 2 rings (SSSR count). The fraction of sp³-hybridized carbons (Fsp3) is 0.0909. The Morgan fingerprint density at radius 3 is 3.00 bits per heavy atom. The number of pyridine rings is 1. The van der Waals surface area contributed by atoms with E-state index in [1.807, 2.05) is 0 Å². The van der Waals surface area contributed by atoms with Gasteiger partial charge in [0.1, 0.15) is 5.82 Å². The van der Waals surface area contributed by atoms with Crippen LogP contribution in [-0.2, 0) is 4.74 Å². The molecule has 0 aliphatic carbocycles. The van der Waals surface area contributed by atoms with Gasteiger partial charge in [-0.2, -0.15) is 0 Å². The second-order valence-corrected chi connectivity index (χ2v) is 3.02. The zero-order valence-electron chi connectivity index (χ0n) is 8.03. The van der Waals surface area contributed by atoms with E-state index in [0.717, 1.165) is 0 Å². The third-order valence-corrected chi connectivity index (χ3v) is 2.10. The molecule has 1 aromatic heterocycles. The average Bonchev–Trinajstić information content (AvgIpc) is 2.27. The number of halogens is 1. The van der Waals surface area contributed by atoms with Crippen LogP contribution in [0.15, 0.2) is 30.5 Å². The van der Waals surface area contributed by atoms with Crippen molar-refractivity contribution in [2.24, 2.45) is 0 Å². The zero-order valence-corrected chi connectivity index (χ0v) is 8.03. The number of nitrogens with zero attached hydrogens (tertiary/aromatic N) is 1. The Balaban J connectivity index is 2.67. The summed E-state index contributed by atoms with van der Waals surface area (Å²) in [6.45, 7) is 0. The van der Waals surface area contributed by atoms with Crippen molar-refractivity contribution in [1.82, 2.24) is 4.98 Å². The summed E-state index contributed by atoms with van der Waals surface area (Å²) in [5, 5.41) is 0.708. The van der Waals surface area contributed by atoms with Crippen LogP contribution in [0.2, 0.25) is 0 Å². The van der Waals surface area contributed by atoms with E-state index in [2.05, 4.69) is 9.72 Å². The monoisotopic (exact) mass is 205 g/mol. The van der Waals surface area contributed by atoms with E-state index in [-0.39, 0.29) is 5.56 Å². The van der Waals surface area contributed by atoms with Crippen LogP contribution in [0.5, 0.6) is 0 Å². The molecule has 0 atom stereocenters. The molecule has 0 bridgehead atoms. The number of aromatic nitrogens is 1. The fourth-order valence-electron chi connectivity index (χ4n) is 1.36. The lowest BCUT2D eigenvalue weighted by Crippen LogP contribution is -2.04. The number of carbonyl (C=O) groups is 1. The predicted octanol–water partition coefficient (Wildman–Crippen LogP) is 2.16. The van der Waals surface area contributed by atoms with Gasteiger partial charge < -0.3 is 4.74 Å². The summed E-state index contributed by atoms with van der Waals surface area (Å²) in [6.07, 6.45) is 1.57. The lowest BCUT2D eigenvalue weighted by molar-refractivity contribution is 0.0596. The van der Waals surface area contributed by atoms with E-state index in [0.29, 0.717) is 10.9 Å². The lowest BCUT2D eigenvalue weighted by atomic mass is 10.1. The van der Waals surface area contributed by atoms with E-state index >= 15 is 0 Å². The Morgan fingerprint density at radius 1 is 1.47 bits per heavy atom. The summed E-state index contributed by atoms with van der Waals surface area (Å²) >= 11 is 0. The number of ether oxygens (including phenoxy) is 1. The maximum atomic E-state index is 13.4. The molecule has 0 radical (unpaired) electrons. The van der Waals surface area contributed by atoms with Gasteiger partial charge in [0, 0.05) is 17.6 Å². The van der Waals surface area contributed by atoms with Crippen molar-refractivity contribution in [2.75, 3.05) is 7.11 Å². The minimum Gasteiger partial charge on any atom is -0.465 e. The van der Waals surface area contributed by atoms with Crippen LogP contribution < -0.4 is 0 Å². The molecule has 0 saturated heterocycles. The Hall–Kier alpha value is -1.97. The Morgan fingerprint density at radius 2 is 2.27 bits per heavy atom. The van der Waals surface area contributed by atoms with E-state index < -0.39 is 11.8 Å². The molecular formula is C11H8FNO2. The first-order valence-electron chi connectivity index (χ1n) is 4.35. The Kier molecular flexibility index (Phi) is 2.33. The van der Waals surface area contributed by atoms with Crippen LogP contribution in [0.3, 0.4) is 0 Å². The summed E-state index contributed by atoms with van der Waals surface area (Å²) in [6, 6.07) is 6.14. The Labute approximate surface area is 85.5 Å². The molecule has 0 unspecified atom stereocenters. The van der Waals surface area contributed by atoms with Crippen LogP contribution in [0.25, 0.3) is 10.9 Å². The van der Waals surface area contributed by atoms with Gasteiger partial charge in [-0.1, -0.05) is 6.07 Å². The standard InChI is InChI=1S/C11H8FNO2/c1-15-11(14)8-5-7-3-2-4-13-10(7)6-9(8)12/h2-6H,1H3. The second-order valence-electron chi connectivity index (χ2n) is 3.02. The van der Waals surface area contributed by atoms with Crippen molar-refractivity contribution in [3.8, 4) is 0 Å². The number of carbonyl (C=O) groups excluding carboxylic acids is 1. The molecule has 0 aliphatic heterocycles. The zero-order chi connectivity index (χ0) is 10.8. The molecule has 1 heterocycles. The summed E-state index contributed by atoms with van der Waals surface area (Å²) in [4.78, 5) is 15.2. The number of hydrogen-bond acceptors (Lipinski definition) is 3. The molecule has 0 saturated carbocycles. The van der Waals surface area contributed by atoms with Gasteiger partial charge in [-0.25, -0.2) is 9.18 Å². The SMILES string of the molecule is COC(=O)c1cc2cccnc2cc1F. The van der Waals surface area contributed by atoms with Gasteiger partial charge >= 0.3 is 5.97 Å². The quantitative estimate of drug-likeness (QED) is 0.669. The first-order chi connectivity index (χ1) is 7.22. The Bertz CT molecular complexity index is 525. The highest BCUT2D eigenvalue weighted by Crippen LogP contribution is 2.17. The second kappa shape index (κ2) is 3.65. The van der Waals surface area contributed by atoms with Gasteiger partial charge in [-0.15, -0.1) is 0 Å². The number of rotatable bonds is 1. The first kappa shape index (κ1) is 9.58. The molecule has 76 valence electrons. The van der Waals surface area contributed by atoms with Crippen LogP contribution in [-0.4, -0.2) is 18.1 Å². The van der Waals surface area contributed by atoms with Crippen molar-refractivity contribution in [1.29, 1.82) is 0 Å². The highest BCUT2D eigenvalue weighted by atomic mass is 19.1. The largest absolute Gasteiger partial charge is 0.465 e. The van der Waals surface area contributed by atoms with Crippen molar-refractivity contribution in [3.05, 3.63) is 41.8 Å². The van der Waals surface area contributed by atoms with E-state index in [1.54, 1.807) is 18.3 Å². The number of fused-ring (bicyclic) bond motifs is 1. The minimum absolute atomic E-state index is 0.0713. The molecule has 4 heteroatoms. The van der Waals surface area contributed by atoms with Crippen LogP contribution >= 0.6 is 0 Å². The summed E-state index contributed by atoms with van der Waals surface area (Å²) < 4.78 is 17.9. The topological polar surface area (TPSA) is 39.2 Å². The first-order valence-corrected chi connectivity index (χ1v) is 4.35. The molecular weight excluding hydrogens is 197 g/mol. The molecule has 0 fully saturated rings. The van der Waals surface area contributed by atoms with E-state index in [4.69, 9.17) is 0 Å². The van der Waals surface area contributed by atoms with Gasteiger partial charge in [0.2, 0.25) is 0 Å². The third-order valence-electron chi connectivity index (χ3n) is 2.10. The van der Waals surface area contributed by atoms with Gasteiger partial charge in [0.25, 0.3) is 0 Å². The maximum absolute atomic E-state index is 13.4. The van der Waals surface area contributed by atoms with Gasteiger partial charge in [-0.3, -0.25) is 4.98 Å². The highest BCUT2D eigenvalue weighted by molar-refractivity contribution is 5.94. The van der Waals surface area contributed by atoms with Crippen LogP contribution in [0.1, 0.15) is 10.4 Å². The lowest BCUT2D eigenvalue weighted by Gasteiger charge is -2.02. The molecule has 0 aliphatic rings. The van der Waals surface area contributed by atoms with E-state index in [1.165, 1.54) is 19.2 Å². The van der Waals surface area contributed by atoms with Gasteiger partial charge in [0.15, 0.2) is 0 Å². The summed E-state index contributed by atoms with van der Waals surface area (Å²) in [7, 11) is 1.22. The van der Waals surface area contributed by atoms with Crippen LogP contribution in [0, 0.1) is 5.82 Å². The smallest absolute Gasteiger partial charge is 0.340 e. The number of hydrogen-bond donors (Lipinski definition) is 0. The number of benzene rings is 1. The van der Waals surface area contributed by atoms with Crippen molar-refractivity contribution in [2.45, 2.75) is 0 Å². The summed E-state index contributed by atoms with van der Waals surface area (Å²) in [5.74, 6) is -1.30. The van der Waals surface area contributed by atoms with E-state index in [9.17, 15) is 9.18 Å². The third kappa shape index (κ3) is 1.66. The highest BCUT2D eigenvalue weighted by Gasteiger charge is 2.13. The van der Waals surface area contributed by atoms with Crippen LogP contribution in [0.4, 0.5) is 4.39 Å². The molecule has 3 nitrogen and oxygen atoms in total. The molecule has 2 aromatic rings. The maximum Gasteiger partial charge on any atom is 0.340 e.